The highest BCUT2D eigenvalue weighted by atomic mass is 16.5. The molecule has 0 amide bonds. The molecule has 13 heavy (non-hydrogen) atoms. The fourth-order valence-electron chi connectivity index (χ4n) is 0.974. The number of nitrogens with zero attached hydrogens (tertiary/aromatic N) is 1. The maximum atomic E-state index is 11.1. The lowest BCUT2D eigenvalue weighted by molar-refractivity contribution is -0.590. The minimum atomic E-state index is -0.337. The Morgan fingerprint density at radius 1 is 1.62 bits per heavy atom. The van der Waals surface area contributed by atoms with Gasteiger partial charge < -0.3 is 10.3 Å². The molecule has 0 aliphatic rings. The van der Waals surface area contributed by atoms with Crippen molar-refractivity contribution in [1.82, 2.24) is 0 Å². The lowest BCUT2D eigenvalue weighted by atomic mass is 10.3. The molecule has 4 nitrogen and oxygen atoms in total. The molecular formula is C9H14N2O2. The fraction of sp³-hybridized carbons (Fsp3) is 0.444. The minimum Gasteiger partial charge on any atom is -0.711 e. The van der Waals surface area contributed by atoms with Crippen molar-refractivity contribution >= 4 is 5.82 Å². The molecule has 1 unspecified atom stereocenters. The Bertz CT molecular complexity index is 264. The summed E-state index contributed by atoms with van der Waals surface area (Å²) >= 11 is 0. The zero-order chi connectivity index (χ0) is 9.68. The van der Waals surface area contributed by atoms with Gasteiger partial charge in [0.25, 0.3) is 5.82 Å². The maximum Gasteiger partial charge on any atom is 0.277 e. The number of nitrogens with one attached hydrogen (secondary N) is 1. The molecule has 0 aliphatic carbocycles. The Kier molecular flexibility index (Phi) is 3.52. The molecule has 1 heterocycles. The van der Waals surface area contributed by atoms with Crippen molar-refractivity contribution in [3.63, 3.8) is 0 Å². The van der Waals surface area contributed by atoms with Crippen LogP contribution in [0.5, 0.6) is 0 Å². The standard InChI is InChI=1S/C9H14N2O2/c1-8(12)5-6-10-9-4-2-3-7-11(9)13/h2-4,7-8,10,12H,5-6H2,1H3. The van der Waals surface area contributed by atoms with Gasteiger partial charge in [-0.05, 0) is 13.0 Å². The van der Waals surface area contributed by atoms with Crippen molar-refractivity contribution in [3.05, 3.63) is 29.6 Å². The number of hydrogen-bond donors (Lipinski definition) is 2. The summed E-state index contributed by atoms with van der Waals surface area (Å²) in [6.07, 6.45) is 1.73. The van der Waals surface area contributed by atoms with Gasteiger partial charge >= 0.3 is 0 Å². The molecule has 1 aromatic heterocycles. The molecule has 0 aromatic carbocycles. The van der Waals surface area contributed by atoms with Crippen molar-refractivity contribution < 1.29 is 9.84 Å². The summed E-state index contributed by atoms with van der Waals surface area (Å²) in [6, 6.07) is 5.17. The van der Waals surface area contributed by atoms with E-state index in [0.29, 0.717) is 18.8 Å². The molecule has 0 bridgehead atoms. The molecule has 1 aromatic rings. The van der Waals surface area contributed by atoms with E-state index >= 15 is 0 Å². The summed E-state index contributed by atoms with van der Waals surface area (Å²) in [7, 11) is 0. The van der Waals surface area contributed by atoms with Crippen LogP contribution < -0.4 is 10.0 Å². The average molecular weight is 182 g/mol. The Morgan fingerprint density at radius 2 is 2.38 bits per heavy atom. The minimum absolute atomic E-state index is 0.337. The van der Waals surface area contributed by atoms with Gasteiger partial charge in [-0.25, -0.2) is 4.73 Å². The second-order valence-electron chi connectivity index (χ2n) is 2.98. The predicted molar refractivity (Wildman–Crippen MR) is 50.2 cm³/mol. The van der Waals surface area contributed by atoms with E-state index in [0.717, 1.165) is 4.73 Å². The molecular weight excluding hydrogens is 168 g/mol. The Labute approximate surface area is 77.4 Å². The number of aliphatic hydroxyl groups excluding tert-OH is 1. The van der Waals surface area contributed by atoms with Gasteiger partial charge in [0.15, 0.2) is 0 Å². The van der Waals surface area contributed by atoms with Crippen molar-refractivity contribution in [1.29, 1.82) is 0 Å². The summed E-state index contributed by atoms with van der Waals surface area (Å²) in [6.45, 7) is 2.32. The normalized spacial score (nSPS) is 12.5. The molecule has 0 aliphatic heterocycles. The lowest BCUT2D eigenvalue weighted by Crippen LogP contribution is -2.30. The van der Waals surface area contributed by atoms with Crippen molar-refractivity contribution in [2.24, 2.45) is 0 Å². The summed E-state index contributed by atoms with van der Waals surface area (Å²) in [4.78, 5) is 0. The molecule has 72 valence electrons. The largest absolute Gasteiger partial charge is 0.711 e. The first-order valence-electron chi connectivity index (χ1n) is 4.30. The van der Waals surface area contributed by atoms with Crippen LogP contribution in [-0.2, 0) is 0 Å². The molecule has 2 N–H and O–H groups in total. The summed E-state index contributed by atoms with van der Waals surface area (Å²) in [5, 5.41) is 23.0. The van der Waals surface area contributed by atoms with Gasteiger partial charge in [-0.15, -0.1) is 0 Å². The number of aliphatic hydroxyl groups is 1. The van der Waals surface area contributed by atoms with E-state index < -0.39 is 0 Å². The third-order valence-electron chi connectivity index (χ3n) is 1.69. The number of rotatable bonds is 4. The first-order chi connectivity index (χ1) is 6.20. The van der Waals surface area contributed by atoms with E-state index in [4.69, 9.17) is 5.11 Å². The first-order valence-corrected chi connectivity index (χ1v) is 4.30. The molecule has 0 saturated heterocycles. The van der Waals surface area contributed by atoms with Gasteiger partial charge in [0, 0.05) is 12.5 Å². The van der Waals surface area contributed by atoms with Crippen LogP contribution >= 0.6 is 0 Å². The maximum absolute atomic E-state index is 11.1. The highest BCUT2D eigenvalue weighted by Crippen LogP contribution is 1.98. The number of pyridine rings is 1. The van der Waals surface area contributed by atoms with Crippen LogP contribution in [0.3, 0.4) is 0 Å². The molecule has 1 atom stereocenters. The van der Waals surface area contributed by atoms with Crippen LogP contribution in [0, 0.1) is 5.21 Å². The summed E-state index contributed by atoms with van der Waals surface area (Å²) in [5.74, 6) is 0.517. The monoisotopic (exact) mass is 182 g/mol. The van der Waals surface area contributed by atoms with Crippen LogP contribution in [0.4, 0.5) is 5.82 Å². The SMILES string of the molecule is CC(O)CCNc1cccc[n+]1[O-]. The van der Waals surface area contributed by atoms with Gasteiger partial charge in [0.1, 0.15) is 0 Å². The van der Waals surface area contributed by atoms with E-state index in [1.54, 1.807) is 25.1 Å². The zero-order valence-corrected chi connectivity index (χ0v) is 7.60. The zero-order valence-electron chi connectivity index (χ0n) is 7.60. The van der Waals surface area contributed by atoms with Gasteiger partial charge in [0.2, 0.25) is 0 Å². The molecule has 0 radical (unpaired) electrons. The summed E-state index contributed by atoms with van der Waals surface area (Å²) in [5.41, 5.74) is 0. The quantitative estimate of drug-likeness (QED) is 0.526. The van der Waals surface area contributed by atoms with Gasteiger partial charge in [-0.1, -0.05) is 6.07 Å². The second kappa shape index (κ2) is 4.67. The number of aromatic nitrogens is 1. The topological polar surface area (TPSA) is 59.2 Å². The molecule has 0 saturated carbocycles. The van der Waals surface area contributed by atoms with Crippen molar-refractivity contribution in [2.75, 3.05) is 11.9 Å². The van der Waals surface area contributed by atoms with Crippen LogP contribution in [0.2, 0.25) is 0 Å². The molecule has 0 spiro atoms. The fourth-order valence-corrected chi connectivity index (χ4v) is 0.974. The number of anilines is 1. The van der Waals surface area contributed by atoms with E-state index in [-0.39, 0.29) is 6.10 Å². The Hall–Kier alpha value is -1.29. The summed E-state index contributed by atoms with van der Waals surface area (Å²) < 4.78 is 0.766. The van der Waals surface area contributed by atoms with Crippen LogP contribution in [-0.4, -0.2) is 17.8 Å². The predicted octanol–water partition coefficient (Wildman–Crippen LogP) is 0.503. The highest BCUT2D eigenvalue weighted by Gasteiger charge is 2.02. The molecule has 0 fully saturated rings. The van der Waals surface area contributed by atoms with Gasteiger partial charge in [0.05, 0.1) is 18.8 Å². The average Bonchev–Trinajstić information content (AvgIpc) is 2.08. The Morgan fingerprint density at radius 3 is 3.00 bits per heavy atom. The second-order valence-corrected chi connectivity index (χ2v) is 2.98. The van der Waals surface area contributed by atoms with Crippen LogP contribution in [0.1, 0.15) is 13.3 Å². The highest BCUT2D eigenvalue weighted by molar-refractivity contribution is 5.27. The first kappa shape index (κ1) is 9.80. The van der Waals surface area contributed by atoms with E-state index in [9.17, 15) is 5.21 Å². The van der Waals surface area contributed by atoms with Crippen LogP contribution in [0.15, 0.2) is 24.4 Å². The molecule has 1 rings (SSSR count). The van der Waals surface area contributed by atoms with Crippen molar-refractivity contribution in [3.8, 4) is 0 Å². The smallest absolute Gasteiger partial charge is 0.277 e. The van der Waals surface area contributed by atoms with Crippen molar-refractivity contribution in [2.45, 2.75) is 19.4 Å². The lowest BCUT2D eigenvalue weighted by Gasteiger charge is -2.08. The van der Waals surface area contributed by atoms with Gasteiger partial charge in [-0.3, -0.25) is 5.32 Å². The number of hydrogen-bond acceptors (Lipinski definition) is 3. The third kappa shape index (κ3) is 3.29. The molecule has 4 heteroatoms. The van der Waals surface area contributed by atoms with Gasteiger partial charge in [-0.2, -0.15) is 0 Å². The third-order valence-corrected chi connectivity index (χ3v) is 1.69. The van der Waals surface area contributed by atoms with E-state index in [2.05, 4.69) is 5.32 Å². The Balaban J connectivity index is 2.41. The van der Waals surface area contributed by atoms with E-state index in [1.807, 2.05) is 0 Å². The van der Waals surface area contributed by atoms with E-state index in [1.165, 1.54) is 6.20 Å². The van der Waals surface area contributed by atoms with Crippen LogP contribution in [0.25, 0.3) is 0 Å².